The number of nitrogens with one attached hydrogen (secondary N) is 1. The molecule has 0 bridgehead atoms. The maximum Gasteiger partial charge on any atom is 0.422 e. The predicted molar refractivity (Wildman–Crippen MR) is 43.2 cm³/mol. The van der Waals surface area contributed by atoms with Crippen LogP contribution in [0.5, 0.6) is 0 Å². The van der Waals surface area contributed by atoms with Gasteiger partial charge in [0, 0.05) is 0 Å². The highest BCUT2D eigenvalue weighted by molar-refractivity contribution is 5.92. The van der Waals surface area contributed by atoms with Gasteiger partial charge in [0.2, 0.25) is 0 Å². The molecule has 15 heavy (non-hydrogen) atoms. The SMILES string of the molecule is CC(=O)C1(NC(=O)OCC(F)(F)F)CC1. The van der Waals surface area contributed by atoms with Crippen molar-refractivity contribution in [2.24, 2.45) is 0 Å². The number of alkyl halides is 3. The summed E-state index contributed by atoms with van der Waals surface area (Å²) in [5.74, 6) is -0.272. The van der Waals surface area contributed by atoms with Crippen molar-refractivity contribution >= 4 is 11.9 Å². The van der Waals surface area contributed by atoms with E-state index in [1.165, 1.54) is 6.92 Å². The number of amides is 1. The van der Waals surface area contributed by atoms with Crippen LogP contribution in [0, 0.1) is 0 Å². The van der Waals surface area contributed by atoms with Crippen LogP contribution in [-0.4, -0.2) is 30.2 Å². The summed E-state index contributed by atoms with van der Waals surface area (Å²) < 4.78 is 38.9. The molecule has 0 aliphatic heterocycles. The summed E-state index contributed by atoms with van der Waals surface area (Å²) in [6.45, 7) is -0.371. The third kappa shape index (κ3) is 3.41. The fourth-order valence-electron chi connectivity index (χ4n) is 1.07. The monoisotopic (exact) mass is 225 g/mol. The Morgan fingerprint density at radius 2 is 1.93 bits per heavy atom. The fraction of sp³-hybridized carbons (Fsp3) is 0.750. The molecule has 4 nitrogen and oxygen atoms in total. The van der Waals surface area contributed by atoms with Crippen LogP contribution in [0.4, 0.5) is 18.0 Å². The minimum Gasteiger partial charge on any atom is -0.440 e. The van der Waals surface area contributed by atoms with Crippen molar-refractivity contribution in [2.45, 2.75) is 31.5 Å². The predicted octanol–water partition coefficient (Wildman–Crippen LogP) is 1.40. The van der Waals surface area contributed by atoms with Crippen LogP contribution in [0.25, 0.3) is 0 Å². The second kappa shape index (κ2) is 3.71. The van der Waals surface area contributed by atoms with Crippen LogP contribution in [0.1, 0.15) is 19.8 Å². The molecule has 86 valence electrons. The molecule has 1 saturated carbocycles. The van der Waals surface area contributed by atoms with Gasteiger partial charge in [-0.15, -0.1) is 0 Å². The van der Waals surface area contributed by atoms with E-state index in [0.29, 0.717) is 12.8 Å². The van der Waals surface area contributed by atoms with Gasteiger partial charge in [0.15, 0.2) is 12.4 Å². The zero-order valence-electron chi connectivity index (χ0n) is 7.98. The highest BCUT2D eigenvalue weighted by atomic mass is 19.4. The molecule has 1 aliphatic carbocycles. The number of rotatable bonds is 3. The van der Waals surface area contributed by atoms with Crippen molar-refractivity contribution in [3.05, 3.63) is 0 Å². The second-order valence-electron chi connectivity index (χ2n) is 3.45. The van der Waals surface area contributed by atoms with Crippen LogP contribution in [-0.2, 0) is 9.53 Å². The van der Waals surface area contributed by atoms with E-state index in [1.54, 1.807) is 0 Å². The summed E-state index contributed by atoms with van der Waals surface area (Å²) in [5, 5.41) is 2.13. The van der Waals surface area contributed by atoms with Crippen molar-refractivity contribution < 1.29 is 27.5 Å². The van der Waals surface area contributed by atoms with E-state index in [4.69, 9.17) is 0 Å². The molecule has 1 fully saturated rings. The van der Waals surface area contributed by atoms with Crippen LogP contribution in [0.15, 0.2) is 0 Å². The lowest BCUT2D eigenvalue weighted by atomic mass is 10.2. The molecule has 0 atom stereocenters. The van der Waals surface area contributed by atoms with E-state index >= 15 is 0 Å². The van der Waals surface area contributed by atoms with Crippen molar-refractivity contribution in [3.8, 4) is 0 Å². The van der Waals surface area contributed by atoms with Gasteiger partial charge >= 0.3 is 12.3 Å². The maximum absolute atomic E-state index is 11.7. The fourth-order valence-corrected chi connectivity index (χ4v) is 1.07. The van der Waals surface area contributed by atoms with Crippen LogP contribution >= 0.6 is 0 Å². The first kappa shape index (κ1) is 11.8. The normalized spacial score (nSPS) is 18.1. The number of hydrogen-bond acceptors (Lipinski definition) is 3. The number of ketones is 1. The van der Waals surface area contributed by atoms with Crippen LogP contribution in [0.3, 0.4) is 0 Å². The lowest BCUT2D eigenvalue weighted by molar-refractivity contribution is -0.160. The lowest BCUT2D eigenvalue weighted by Crippen LogP contribution is -2.43. The third-order valence-corrected chi connectivity index (χ3v) is 2.13. The molecule has 0 unspecified atom stereocenters. The minimum atomic E-state index is -4.55. The Balaban J connectivity index is 2.34. The maximum atomic E-state index is 11.7. The van der Waals surface area contributed by atoms with Crippen molar-refractivity contribution in [1.29, 1.82) is 0 Å². The van der Waals surface area contributed by atoms with Gasteiger partial charge in [-0.2, -0.15) is 13.2 Å². The quantitative estimate of drug-likeness (QED) is 0.789. The van der Waals surface area contributed by atoms with E-state index in [2.05, 4.69) is 10.1 Å². The van der Waals surface area contributed by atoms with Gasteiger partial charge in [-0.1, -0.05) is 0 Å². The molecule has 0 aromatic heterocycles. The molecular weight excluding hydrogens is 215 g/mol. The van der Waals surface area contributed by atoms with E-state index < -0.39 is 24.4 Å². The molecule has 0 aromatic rings. The number of Topliss-reactive ketones (excluding diaryl/α,β-unsaturated/α-hetero) is 1. The largest absolute Gasteiger partial charge is 0.440 e. The molecule has 0 heterocycles. The number of hydrogen-bond donors (Lipinski definition) is 1. The molecule has 0 radical (unpaired) electrons. The first-order valence-electron chi connectivity index (χ1n) is 4.28. The molecule has 1 amide bonds. The third-order valence-electron chi connectivity index (χ3n) is 2.13. The van der Waals surface area contributed by atoms with Crippen molar-refractivity contribution in [3.63, 3.8) is 0 Å². The minimum absolute atomic E-state index is 0.272. The Hall–Kier alpha value is -1.27. The van der Waals surface area contributed by atoms with Gasteiger partial charge in [-0.3, -0.25) is 4.79 Å². The summed E-state index contributed by atoms with van der Waals surface area (Å²) in [6, 6.07) is 0. The van der Waals surface area contributed by atoms with Crippen LogP contribution in [0.2, 0.25) is 0 Å². The summed E-state index contributed by atoms with van der Waals surface area (Å²) in [6.07, 6.45) is -4.86. The van der Waals surface area contributed by atoms with Gasteiger partial charge in [0.25, 0.3) is 0 Å². The zero-order chi connectivity index (χ0) is 11.7. The summed E-state index contributed by atoms with van der Waals surface area (Å²) in [5.41, 5.74) is -0.983. The number of ether oxygens (including phenoxy) is 1. The van der Waals surface area contributed by atoms with Crippen molar-refractivity contribution in [2.75, 3.05) is 6.61 Å². The molecule has 1 N–H and O–H groups in total. The highest BCUT2D eigenvalue weighted by Gasteiger charge is 2.49. The van der Waals surface area contributed by atoms with Gasteiger partial charge < -0.3 is 10.1 Å². The first-order chi connectivity index (χ1) is 6.75. The first-order valence-corrected chi connectivity index (χ1v) is 4.28. The molecule has 0 saturated heterocycles. The smallest absolute Gasteiger partial charge is 0.422 e. The van der Waals surface area contributed by atoms with E-state index in [1.807, 2.05) is 0 Å². The number of carbonyl (C=O) groups excluding carboxylic acids is 2. The standard InChI is InChI=1S/C8H10F3NO3/c1-5(13)7(2-3-7)12-6(14)15-4-8(9,10)11/h2-4H2,1H3,(H,12,14). The summed E-state index contributed by atoms with van der Waals surface area (Å²) in [7, 11) is 0. The van der Waals surface area contributed by atoms with Crippen LogP contribution < -0.4 is 5.32 Å². The zero-order valence-corrected chi connectivity index (χ0v) is 7.98. The number of carbonyl (C=O) groups is 2. The molecular formula is C8H10F3NO3. The second-order valence-corrected chi connectivity index (χ2v) is 3.45. The number of alkyl carbamates (subject to hydrolysis) is 1. The van der Waals surface area contributed by atoms with Crippen molar-refractivity contribution in [1.82, 2.24) is 5.32 Å². The molecule has 0 aromatic carbocycles. The number of halogens is 3. The lowest BCUT2D eigenvalue weighted by Gasteiger charge is -2.14. The molecule has 1 aliphatic rings. The summed E-state index contributed by atoms with van der Waals surface area (Å²) >= 11 is 0. The Morgan fingerprint density at radius 3 is 2.27 bits per heavy atom. The molecule has 7 heteroatoms. The van der Waals surface area contributed by atoms with E-state index in [0.717, 1.165) is 0 Å². The topological polar surface area (TPSA) is 55.4 Å². The Labute approximate surface area is 83.8 Å². The van der Waals surface area contributed by atoms with E-state index in [9.17, 15) is 22.8 Å². The van der Waals surface area contributed by atoms with Gasteiger partial charge in [0.05, 0.1) is 0 Å². The molecule has 0 spiro atoms. The van der Waals surface area contributed by atoms with Gasteiger partial charge in [-0.25, -0.2) is 4.79 Å². The average Bonchev–Trinajstić information content (AvgIpc) is 2.81. The molecule has 1 rings (SSSR count). The highest BCUT2D eigenvalue weighted by Crippen LogP contribution is 2.36. The Bertz CT molecular complexity index is 283. The van der Waals surface area contributed by atoms with E-state index in [-0.39, 0.29) is 5.78 Å². The summed E-state index contributed by atoms with van der Waals surface area (Å²) in [4.78, 5) is 21.8. The van der Waals surface area contributed by atoms with Gasteiger partial charge in [-0.05, 0) is 19.8 Å². The average molecular weight is 225 g/mol. The Morgan fingerprint density at radius 1 is 1.40 bits per heavy atom. The van der Waals surface area contributed by atoms with Gasteiger partial charge in [0.1, 0.15) is 5.54 Å². The Kier molecular flexibility index (Phi) is 2.92.